The highest BCUT2D eigenvalue weighted by molar-refractivity contribution is 7.92. The molecule has 1 aliphatic rings. The lowest BCUT2D eigenvalue weighted by Crippen LogP contribution is -2.29. The van der Waals surface area contributed by atoms with Crippen LogP contribution in [0, 0.1) is 6.92 Å². The molecule has 0 saturated heterocycles. The van der Waals surface area contributed by atoms with E-state index in [1.54, 1.807) is 48.5 Å². The van der Waals surface area contributed by atoms with E-state index in [0.29, 0.717) is 30.8 Å². The maximum atomic E-state index is 12.9. The van der Waals surface area contributed by atoms with Gasteiger partial charge in [-0.2, -0.15) is 0 Å². The molecule has 0 saturated carbocycles. The van der Waals surface area contributed by atoms with Crippen molar-refractivity contribution < 1.29 is 13.2 Å². The molecule has 0 aromatic heterocycles. The zero-order valence-corrected chi connectivity index (χ0v) is 14.8. The topological polar surface area (TPSA) is 66.5 Å². The second kappa shape index (κ2) is 6.72. The third kappa shape index (κ3) is 3.30. The summed E-state index contributed by atoms with van der Waals surface area (Å²) in [5.41, 5.74) is 3.04. The number of sulfonamides is 1. The Bertz CT molecular complexity index is 918. The highest BCUT2D eigenvalue weighted by Crippen LogP contribution is 2.33. The van der Waals surface area contributed by atoms with Gasteiger partial charge in [-0.3, -0.25) is 9.10 Å². The number of rotatable bonds is 5. The van der Waals surface area contributed by atoms with Crippen LogP contribution < -0.4 is 9.62 Å². The summed E-state index contributed by atoms with van der Waals surface area (Å²) < 4.78 is 27.2. The van der Waals surface area contributed by atoms with E-state index in [2.05, 4.69) is 11.9 Å². The van der Waals surface area contributed by atoms with Gasteiger partial charge in [0, 0.05) is 18.7 Å². The van der Waals surface area contributed by atoms with Crippen molar-refractivity contribution in [3.63, 3.8) is 0 Å². The van der Waals surface area contributed by atoms with Gasteiger partial charge in [0.25, 0.3) is 15.9 Å². The van der Waals surface area contributed by atoms with Crippen LogP contribution in [0.15, 0.2) is 60.0 Å². The van der Waals surface area contributed by atoms with Gasteiger partial charge in [-0.05, 0) is 49.2 Å². The normalized spacial score (nSPS) is 13.4. The first-order valence-electron chi connectivity index (χ1n) is 8.05. The third-order valence-electron chi connectivity index (χ3n) is 4.21. The Morgan fingerprint density at radius 2 is 1.96 bits per heavy atom. The number of aryl methyl sites for hydroxylation is 1. The van der Waals surface area contributed by atoms with E-state index >= 15 is 0 Å². The minimum Gasteiger partial charge on any atom is -0.349 e. The third-order valence-corrected chi connectivity index (χ3v) is 6.04. The van der Waals surface area contributed by atoms with E-state index in [0.717, 1.165) is 11.1 Å². The first-order valence-corrected chi connectivity index (χ1v) is 9.49. The number of benzene rings is 2. The zero-order valence-electron chi connectivity index (χ0n) is 14.0. The summed E-state index contributed by atoms with van der Waals surface area (Å²) in [6.07, 6.45) is 2.20. The monoisotopic (exact) mass is 356 g/mol. The van der Waals surface area contributed by atoms with Crippen molar-refractivity contribution in [3.8, 4) is 0 Å². The van der Waals surface area contributed by atoms with Crippen LogP contribution in [0.5, 0.6) is 0 Å². The summed E-state index contributed by atoms with van der Waals surface area (Å²) in [5, 5.41) is 2.72. The predicted molar refractivity (Wildman–Crippen MR) is 98.4 cm³/mol. The second-order valence-electron chi connectivity index (χ2n) is 5.98. The van der Waals surface area contributed by atoms with Crippen LogP contribution in [-0.2, 0) is 16.4 Å². The largest absolute Gasteiger partial charge is 0.349 e. The van der Waals surface area contributed by atoms with Crippen LogP contribution in [0.25, 0.3) is 0 Å². The van der Waals surface area contributed by atoms with Crippen LogP contribution in [0.2, 0.25) is 0 Å². The van der Waals surface area contributed by atoms with E-state index in [-0.39, 0.29) is 10.8 Å². The minimum atomic E-state index is -3.60. The summed E-state index contributed by atoms with van der Waals surface area (Å²) in [7, 11) is -3.60. The first-order chi connectivity index (χ1) is 11.9. The molecule has 0 spiro atoms. The number of amides is 1. The van der Waals surface area contributed by atoms with Crippen molar-refractivity contribution in [2.45, 2.75) is 18.2 Å². The Kier molecular flexibility index (Phi) is 4.63. The molecule has 130 valence electrons. The van der Waals surface area contributed by atoms with Crippen molar-refractivity contribution in [1.29, 1.82) is 0 Å². The van der Waals surface area contributed by atoms with Crippen molar-refractivity contribution in [2.24, 2.45) is 0 Å². The van der Waals surface area contributed by atoms with E-state index in [4.69, 9.17) is 0 Å². The lowest BCUT2D eigenvalue weighted by Gasteiger charge is -2.20. The van der Waals surface area contributed by atoms with Crippen molar-refractivity contribution in [3.05, 3.63) is 71.8 Å². The molecule has 6 heteroatoms. The maximum absolute atomic E-state index is 12.9. The SMILES string of the molecule is C=CCNC(=O)c1ccc2c(c1)CCN2S(=O)(=O)c1ccc(C)cc1. The number of anilines is 1. The zero-order chi connectivity index (χ0) is 18.0. The summed E-state index contributed by atoms with van der Waals surface area (Å²) in [6, 6.07) is 11.9. The van der Waals surface area contributed by atoms with Gasteiger partial charge >= 0.3 is 0 Å². The number of carbonyl (C=O) groups is 1. The smallest absolute Gasteiger partial charge is 0.264 e. The average Bonchev–Trinajstić information content (AvgIpc) is 3.04. The number of hydrogen-bond acceptors (Lipinski definition) is 3. The Morgan fingerprint density at radius 1 is 1.24 bits per heavy atom. The number of carbonyl (C=O) groups excluding carboxylic acids is 1. The fraction of sp³-hybridized carbons (Fsp3) is 0.211. The highest BCUT2D eigenvalue weighted by Gasteiger charge is 2.31. The minimum absolute atomic E-state index is 0.192. The lowest BCUT2D eigenvalue weighted by atomic mass is 10.1. The average molecular weight is 356 g/mol. The predicted octanol–water partition coefficient (Wildman–Crippen LogP) is 2.66. The molecule has 5 nitrogen and oxygen atoms in total. The molecule has 0 atom stereocenters. The second-order valence-corrected chi connectivity index (χ2v) is 7.84. The molecule has 1 amide bonds. The lowest BCUT2D eigenvalue weighted by molar-refractivity contribution is 0.0958. The van der Waals surface area contributed by atoms with Crippen LogP contribution >= 0.6 is 0 Å². The summed E-state index contributed by atoms with van der Waals surface area (Å²) >= 11 is 0. The summed E-state index contributed by atoms with van der Waals surface area (Å²) in [6.45, 7) is 6.26. The van der Waals surface area contributed by atoms with Gasteiger partial charge in [0.2, 0.25) is 0 Å². The van der Waals surface area contributed by atoms with Gasteiger partial charge in [0.15, 0.2) is 0 Å². The van der Waals surface area contributed by atoms with Gasteiger partial charge in [-0.25, -0.2) is 8.42 Å². The van der Waals surface area contributed by atoms with E-state index in [1.807, 2.05) is 6.92 Å². The van der Waals surface area contributed by atoms with Gasteiger partial charge in [0.1, 0.15) is 0 Å². The molecule has 1 N–H and O–H groups in total. The number of fused-ring (bicyclic) bond motifs is 1. The van der Waals surface area contributed by atoms with E-state index in [9.17, 15) is 13.2 Å². The Labute approximate surface area is 148 Å². The van der Waals surface area contributed by atoms with Gasteiger partial charge in [-0.15, -0.1) is 6.58 Å². The van der Waals surface area contributed by atoms with Crippen LogP contribution in [-0.4, -0.2) is 27.4 Å². The fourth-order valence-corrected chi connectivity index (χ4v) is 4.37. The molecule has 0 bridgehead atoms. The molecule has 2 aromatic carbocycles. The molecular weight excluding hydrogens is 336 g/mol. The maximum Gasteiger partial charge on any atom is 0.264 e. The van der Waals surface area contributed by atoms with Gasteiger partial charge < -0.3 is 5.32 Å². The Balaban J connectivity index is 1.90. The van der Waals surface area contributed by atoms with Gasteiger partial charge in [0.05, 0.1) is 10.6 Å². The van der Waals surface area contributed by atoms with Crippen LogP contribution in [0.4, 0.5) is 5.69 Å². The Morgan fingerprint density at radius 3 is 2.64 bits per heavy atom. The molecule has 1 heterocycles. The Hall–Kier alpha value is -2.60. The fourth-order valence-electron chi connectivity index (χ4n) is 2.87. The molecule has 0 aliphatic carbocycles. The highest BCUT2D eigenvalue weighted by atomic mass is 32.2. The van der Waals surface area contributed by atoms with E-state index < -0.39 is 10.0 Å². The molecule has 1 aliphatic heterocycles. The first kappa shape index (κ1) is 17.2. The molecule has 0 radical (unpaired) electrons. The molecule has 0 fully saturated rings. The van der Waals surface area contributed by atoms with Crippen molar-refractivity contribution in [2.75, 3.05) is 17.4 Å². The van der Waals surface area contributed by atoms with E-state index in [1.165, 1.54) is 4.31 Å². The van der Waals surface area contributed by atoms with Crippen molar-refractivity contribution in [1.82, 2.24) is 5.32 Å². The van der Waals surface area contributed by atoms with Gasteiger partial charge in [-0.1, -0.05) is 23.8 Å². The molecule has 0 unspecified atom stereocenters. The summed E-state index contributed by atoms with van der Waals surface area (Å²) in [4.78, 5) is 12.3. The van der Waals surface area contributed by atoms with Crippen LogP contribution in [0.1, 0.15) is 21.5 Å². The molecule has 2 aromatic rings. The van der Waals surface area contributed by atoms with Crippen LogP contribution in [0.3, 0.4) is 0 Å². The molecule has 3 rings (SSSR count). The number of nitrogens with zero attached hydrogens (tertiary/aromatic N) is 1. The standard InChI is InChI=1S/C19H20N2O3S/c1-3-11-20-19(22)16-6-9-18-15(13-16)10-12-21(18)25(23,24)17-7-4-14(2)5-8-17/h3-9,13H,1,10-12H2,2H3,(H,20,22). The number of hydrogen-bond donors (Lipinski definition) is 1. The number of nitrogens with one attached hydrogen (secondary N) is 1. The summed E-state index contributed by atoms with van der Waals surface area (Å²) in [5.74, 6) is -0.192. The molecular formula is C19H20N2O3S. The van der Waals surface area contributed by atoms with Crippen molar-refractivity contribution >= 4 is 21.6 Å². The quantitative estimate of drug-likeness (QED) is 0.838. The molecule has 25 heavy (non-hydrogen) atoms.